The van der Waals surface area contributed by atoms with Gasteiger partial charge in [0.1, 0.15) is 4.34 Å². The van der Waals surface area contributed by atoms with Crippen LogP contribution in [0.4, 0.5) is 0 Å². The van der Waals surface area contributed by atoms with Crippen LogP contribution < -0.4 is 0 Å². The lowest BCUT2D eigenvalue weighted by molar-refractivity contribution is 0.300. The van der Waals surface area contributed by atoms with E-state index in [2.05, 4.69) is 17.3 Å². The van der Waals surface area contributed by atoms with Gasteiger partial charge in [-0.25, -0.2) is 4.98 Å². The van der Waals surface area contributed by atoms with Crippen molar-refractivity contribution < 1.29 is 5.11 Å². The summed E-state index contributed by atoms with van der Waals surface area (Å²) in [7, 11) is 0. The van der Waals surface area contributed by atoms with E-state index in [1.807, 2.05) is 6.92 Å². The van der Waals surface area contributed by atoms with E-state index >= 15 is 0 Å². The fraction of sp³-hybridized carbons (Fsp3) is 0.625. The number of aryl methyl sites for hydroxylation is 1. The zero-order chi connectivity index (χ0) is 8.97. The number of aliphatic hydroxyl groups is 1. The number of nitrogens with zero attached hydrogens (tertiary/aromatic N) is 1. The predicted molar refractivity (Wildman–Crippen MR) is 53.9 cm³/mol. The second kappa shape index (κ2) is 4.84. The molecule has 1 aromatic rings. The Morgan fingerprint density at radius 1 is 1.75 bits per heavy atom. The summed E-state index contributed by atoms with van der Waals surface area (Å²) in [5.74, 6) is 0. The standard InChI is InChI=1S/C8H13NOS2/c1-3-7-5-11-8(9-7)12-6(2)4-10/h5-6,10H,3-4H2,1-2H3. The Kier molecular flexibility index (Phi) is 4.05. The number of hydrogen-bond donors (Lipinski definition) is 1. The highest BCUT2D eigenvalue weighted by atomic mass is 32.2. The molecule has 0 amide bonds. The number of aromatic nitrogens is 1. The van der Waals surface area contributed by atoms with Gasteiger partial charge in [-0.05, 0) is 6.42 Å². The molecule has 1 aromatic heterocycles. The van der Waals surface area contributed by atoms with Gasteiger partial charge in [0.2, 0.25) is 0 Å². The molecule has 1 rings (SSSR count). The first-order valence-corrected chi connectivity index (χ1v) is 5.74. The minimum absolute atomic E-state index is 0.214. The first-order valence-electron chi connectivity index (χ1n) is 3.98. The predicted octanol–water partition coefficient (Wildman–Crippen LogP) is 2.18. The molecular weight excluding hydrogens is 190 g/mol. The maximum atomic E-state index is 8.82. The van der Waals surface area contributed by atoms with E-state index in [9.17, 15) is 0 Å². The highest BCUT2D eigenvalue weighted by Gasteiger charge is 2.06. The summed E-state index contributed by atoms with van der Waals surface area (Å²) >= 11 is 3.30. The fourth-order valence-corrected chi connectivity index (χ4v) is 2.79. The Hall–Kier alpha value is -0.0600. The van der Waals surface area contributed by atoms with Gasteiger partial charge in [-0.1, -0.05) is 25.6 Å². The summed E-state index contributed by atoms with van der Waals surface area (Å²) in [4.78, 5) is 4.39. The normalized spacial score (nSPS) is 13.2. The van der Waals surface area contributed by atoms with Crippen molar-refractivity contribution in [1.82, 2.24) is 4.98 Å². The van der Waals surface area contributed by atoms with E-state index in [-0.39, 0.29) is 11.9 Å². The minimum Gasteiger partial charge on any atom is -0.395 e. The van der Waals surface area contributed by atoms with E-state index in [4.69, 9.17) is 5.11 Å². The molecule has 1 heterocycles. The van der Waals surface area contributed by atoms with Crippen molar-refractivity contribution in [1.29, 1.82) is 0 Å². The van der Waals surface area contributed by atoms with Crippen molar-refractivity contribution >= 4 is 23.1 Å². The second-order valence-corrected chi connectivity index (χ2v) is 5.11. The molecule has 68 valence electrons. The van der Waals surface area contributed by atoms with Crippen LogP contribution in [-0.2, 0) is 6.42 Å². The molecule has 1 atom stereocenters. The van der Waals surface area contributed by atoms with Gasteiger partial charge in [0.25, 0.3) is 0 Å². The lowest BCUT2D eigenvalue weighted by atomic mass is 10.4. The highest BCUT2D eigenvalue weighted by Crippen LogP contribution is 2.26. The molecule has 12 heavy (non-hydrogen) atoms. The summed E-state index contributed by atoms with van der Waals surface area (Å²) in [5.41, 5.74) is 1.15. The van der Waals surface area contributed by atoms with Crippen LogP contribution in [0, 0.1) is 0 Å². The van der Waals surface area contributed by atoms with Gasteiger partial charge in [-0.3, -0.25) is 0 Å². The maximum absolute atomic E-state index is 8.82. The summed E-state index contributed by atoms with van der Waals surface area (Å²) in [6.45, 7) is 4.31. The molecule has 0 radical (unpaired) electrons. The number of aliphatic hydroxyl groups excluding tert-OH is 1. The molecule has 0 fully saturated rings. The lowest BCUT2D eigenvalue weighted by Crippen LogP contribution is -2.00. The molecule has 0 bridgehead atoms. The topological polar surface area (TPSA) is 33.1 Å². The van der Waals surface area contributed by atoms with Crippen molar-refractivity contribution in [3.63, 3.8) is 0 Å². The second-order valence-electron chi connectivity index (χ2n) is 2.57. The highest BCUT2D eigenvalue weighted by molar-refractivity contribution is 8.01. The third-order valence-electron chi connectivity index (χ3n) is 1.45. The molecule has 0 aliphatic carbocycles. The Balaban J connectivity index is 2.52. The summed E-state index contributed by atoms with van der Waals surface area (Å²) < 4.78 is 1.06. The Morgan fingerprint density at radius 2 is 2.50 bits per heavy atom. The van der Waals surface area contributed by atoms with E-state index in [1.165, 1.54) is 0 Å². The SMILES string of the molecule is CCc1csc(SC(C)CO)n1. The summed E-state index contributed by atoms with van der Waals surface area (Å²) in [6.07, 6.45) is 0.991. The van der Waals surface area contributed by atoms with E-state index in [0.29, 0.717) is 0 Å². The van der Waals surface area contributed by atoms with Crippen molar-refractivity contribution in [2.75, 3.05) is 6.61 Å². The molecule has 0 aliphatic heterocycles. The number of thiazole rings is 1. The van der Waals surface area contributed by atoms with Gasteiger partial charge in [0.05, 0.1) is 12.3 Å². The van der Waals surface area contributed by atoms with Crippen LogP contribution in [0.25, 0.3) is 0 Å². The monoisotopic (exact) mass is 203 g/mol. The van der Waals surface area contributed by atoms with Crippen molar-refractivity contribution in [2.24, 2.45) is 0 Å². The number of rotatable bonds is 4. The van der Waals surface area contributed by atoms with E-state index < -0.39 is 0 Å². The first-order chi connectivity index (χ1) is 5.76. The quantitative estimate of drug-likeness (QED) is 0.761. The third-order valence-corrected chi connectivity index (χ3v) is 3.56. The van der Waals surface area contributed by atoms with Crippen molar-refractivity contribution in [2.45, 2.75) is 29.9 Å². The fourth-order valence-electron chi connectivity index (χ4n) is 0.714. The Morgan fingerprint density at radius 3 is 3.00 bits per heavy atom. The average Bonchev–Trinajstić information content (AvgIpc) is 2.52. The van der Waals surface area contributed by atoms with Gasteiger partial charge < -0.3 is 5.11 Å². The molecule has 0 aromatic carbocycles. The van der Waals surface area contributed by atoms with E-state index in [0.717, 1.165) is 16.5 Å². The summed E-state index contributed by atoms with van der Waals surface area (Å²) in [6, 6.07) is 0. The molecule has 1 unspecified atom stereocenters. The van der Waals surface area contributed by atoms with Gasteiger partial charge in [0.15, 0.2) is 0 Å². The molecule has 0 spiro atoms. The smallest absolute Gasteiger partial charge is 0.150 e. The Bertz CT molecular complexity index is 237. The molecular formula is C8H13NOS2. The van der Waals surface area contributed by atoms with Gasteiger partial charge in [-0.2, -0.15) is 0 Å². The molecule has 0 saturated heterocycles. The zero-order valence-electron chi connectivity index (χ0n) is 7.28. The first kappa shape index (κ1) is 10.0. The van der Waals surface area contributed by atoms with E-state index in [1.54, 1.807) is 23.1 Å². The van der Waals surface area contributed by atoms with Crippen LogP contribution >= 0.6 is 23.1 Å². The van der Waals surface area contributed by atoms with Crippen LogP contribution in [-0.4, -0.2) is 21.9 Å². The van der Waals surface area contributed by atoms with Crippen LogP contribution in [0.2, 0.25) is 0 Å². The van der Waals surface area contributed by atoms with Crippen molar-refractivity contribution in [3.8, 4) is 0 Å². The molecule has 0 aliphatic rings. The number of thioether (sulfide) groups is 1. The Labute approximate surface area is 81.0 Å². The lowest BCUT2D eigenvalue weighted by Gasteiger charge is -2.02. The third kappa shape index (κ3) is 2.77. The van der Waals surface area contributed by atoms with Gasteiger partial charge >= 0.3 is 0 Å². The average molecular weight is 203 g/mol. The van der Waals surface area contributed by atoms with Gasteiger partial charge in [0, 0.05) is 10.6 Å². The van der Waals surface area contributed by atoms with Crippen LogP contribution in [0.3, 0.4) is 0 Å². The zero-order valence-corrected chi connectivity index (χ0v) is 8.91. The molecule has 2 nitrogen and oxygen atoms in total. The van der Waals surface area contributed by atoms with Gasteiger partial charge in [-0.15, -0.1) is 11.3 Å². The maximum Gasteiger partial charge on any atom is 0.150 e. The van der Waals surface area contributed by atoms with Crippen LogP contribution in [0.5, 0.6) is 0 Å². The van der Waals surface area contributed by atoms with Crippen LogP contribution in [0.15, 0.2) is 9.72 Å². The largest absolute Gasteiger partial charge is 0.395 e. The number of hydrogen-bond acceptors (Lipinski definition) is 4. The molecule has 0 saturated carbocycles. The van der Waals surface area contributed by atoms with Crippen molar-refractivity contribution in [3.05, 3.63) is 11.1 Å². The van der Waals surface area contributed by atoms with Crippen LogP contribution in [0.1, 0.15) is 19.5 Å². The molecule has 4 heteroatoms. The minimum atomic E-state index is 0.214. The summed E-state index contributed by atoms with van der Waals surface area (Å²) in [5, 5.41) is 11.1. The molecule has 1 N–H and O–H groups in total.